The van der Waals surface area contributed by atoms with E-state index in [1.54, 1.807) is 0 Å². The third-order valence-corrected chi connectivity index (χ3v) is 5.55. The summed E-state index contributed by atoms with van der Waals surface area (Å²) in [6.07, 6.45) is 0.826. The van der Waals surface area contributed by atoms with Crippen molar-refractivity contribution in [2.24, 2.45) is 0 Å². The average molecular weight is 494 g/mol. The van der Waals surface area contributed by atoms with E-state index in [0.29, 0.717) is 30.6 Å². The van der Waals surface area contributed by atoms with Crippen LogP contribution in [0.25, 0.3) is 0 Å². The van der Waals surface area contributed by atoms with Crippen LogP contribution in [0.5, 0.6) is 0 Å². The van der Waals surface area contributed by atoms with Gasteiger partial charge in [-0.05, 0) is 33.6 Å². The standard InChI is InChI=1S/C16H22F3N3O2S.C6H12O2/c1-3-5-6-7-9-15(8-4-2)12(23)22(13(24)21-15)14-20-11(10-25-14)16(17,18)19;1-5(7)8-6(2,3)4/h10H,3-9H2,1-2H3,(H,21,24);1-4H3. The molecule has 1 N–H and O–H groups in total. The first-order valence-electron chi connectivity index (χ1n) is 11.1. The highest BCUT2D eigenvalue weighted by molar-refractivity contribution is 7.14. The fraction of sp³-hybridized carbons (Fsp3) is 0.727. The van der Waals surface area contributed by atoms with Gasteiger partial charge in [0.25, 0.3) is 5.91 Å². The molecule has 0 bridgehead atoms. The van der Waals surface area contributed by atoms with E-state index in [1.165, 1.54) is 6.92 Å². The van der Waals surface area contributed by atoms with E-state index in [1.807, 2.05) is 27.7 Å². The lowest BCUT2D eigenvalue weighted by Gasteiger charge is -2.26. The molecule has 1 aliphatic rings. The molecule has 3 amide bonds. The summed E-state index contributed by atoms with van der Waals surface area (Å²) in [4.78, 5) is 39.6. The van der Waals surface area contributed by atoms with Crippen LogP contribution in [0.15, 0.2) is 5.38 Å². The number of unbranched alkanes of at least 4 members (excludes halogenated alkanes) is 3. The number of esters is 1. The number of ether oxygens (including phenoxy) is 1. The summed E-state index contributed by atoms with van der Waals surface area (Å²) < 4.78 is 43.0. The number of rotatable bonds is 8. The summed E-state index contributed by atoms with van der Waals surface area (Å²) in [6.45, 7) is 10.9. The topological polar surface area (TPSA) is 88.6 Å². The Bertz CT molecular complexity index is 821. The van der Waals surface area contributed by atoms with Crippen LogP contribution in [-0.2, 0) is 20.5 Å². The second-order valence-electron chi connectivity index (χ2n) is 8.93. The summed E-state index contributed by atoms with van der Waals surface area (Å²) in [7, 11) is 0. The fourth-order valence-corrected chi connectivity index (χ4v) is 4.29. The highest BCUT2D eigenvalue weighted by Gasteiger charge is 2.52. The van der Waals surface area contributed by atoms with Crippen molar-refractivity contribution in [2.45, 2.75) is 104 Å². The van der Waals surface area contributed by atoms with Crippen molar-refractivity contribution in [3.8, 4) is 0 Å². The van der Waals surface area contributed by atoms with Crippen molar-refractivity contribution in [1.82, 2.24) is 10.3 Å². The predicted octanol–water partition coefficient (Wildman–Crippen LogP) is 6.08. The van der Waals surface area contributed by atoms with Crippen LogP contribution >= 0.6 is 11.3 Å². The van der Waals surface area contributed by atoms with E-state index in [4.69, 9.17) is 4.74 Å². The molecule has 2 heterocycles. The number of aromatic nitrogens is 1. The Morgan fingerprint density at radius 3 is 2.18 bits per heavy atom. The zero-order valence-corrected chi connectivity index (χ0v) is 20.9. The molecule has 0 aliphatic carbocycles. The van der Waals surface area contributed by atoms with Gasteiger partial charge in [-0.3, -0.25) is 9.59 Å². The molecule has 2 rings (SSSR count). The molecule has 7 nitrogen and oxygen atoms in total. The highest BCUT2D eigenvalue weighted by atomic mass is 32.1. The van der Waals surface area contributed by atoms with Crippen LogP contribution in [0.1, 0.15) is 92.2 Å². The summed E-state index contributed by atoms with van der Waals surface area (Å²) >= 11 is 0.645. The third kappa shape index (κ3) is 8.60. The minimum Gasteiger partial charge on any atom is -0.460 e. The number of imide groups is 1. The molecule has 1 atom stereocenters. The summed E-state index contributed by atoms with van der Waals surface area (Å²) in [5, 5.41) is 3.30. The Balaban J connectivity index is 0.000000582. The number of anilines is 1. The second-order valence-corrected chi connectivity index (χ2v) is 9.77. The number of hydrogen-bond donors (Lipinski definition) is 1. The van der Waals surface area contributed by atoms with E-state index in [9.17, 15) is 27.6 Å². The first-order chi connectivity index (χ1) is 15.2. The van der Waals surface area contributed by atoms with Crippen molar-refractivity contribution in [3.63, 3.8) is 0 Å². The Morgan fingerprint density at radius 2 is 1.76 bits per heavy atom. The molecule has 1 aromatic heterocycles. The van der Waals surface area contributed by atoms with Crippen LogP contribution in [0, 0.1) is 0 Å². The average Bonchev–Trinajstić information content (AvgIpc) is 3.21. The summed E-state index contributed by atoms with van der Waals surface area (Å²) in [6, 6.07) is -0.697. The molecule has 0 spiro atoms. The maximum atomic E-state index is 12.9. The van der Waals surface area contributed by atoms with Gasteiger partial charge in [0, 0.05) is 12.3 Å². The van der Waals surface area contributed by atoms with E-state index in [2.05, 4.69) is 17.2 Å². The van der Waals surface area contributed by atoms with Gasteiger partial charge < -0.3 is 10.1 Å². The van der Waals surface area contributed by atoms with Gasteiger partial charge in [0.05, 0.1) is 0 Å². The van der Waals surface area contributed by atoms with Gasteiger partial charge in [0.1, 0.15) is 11.1 Å². The van der Waals surface area contributed by atoms with Gasteiger partial charge >= 0.3 is 18.2 Å². The maximum Gasteiger partial charge on any atom is 0.434 e. The molecule has 1 unspecified atom stereocenters. The normalized spacial score (nSPS) is 18.6. The first kappa shape index (κ1) is 28.9. The Kier molecular flexibility index (Phi) is 10.3. The van der Waals surface area contributed by atoms with Crippen LogP contribution in [0.3, 0.4) is 0 Å². The Hall–Kier alpha value is -2.17. The fourth-order valence-electron chi connectivity index (χ4n) is 3.47. The number of nitrogens with one attached hydrogen (secondary N) is 1. The number of halogens is 3. The molecule has 1 aromatic rings. The summed E-state index contributed by atoms with van der Waals surface area (Å²) in [5.41, 5.74) is -2.46. The number of alkyl halides is 3. The third-order valence-electron chi connectivity index (χ3n) is 4.72. The van der Waals surface area contributed by atoms with Crippen LogP contribution in [-0.4, -0.2) is 34.0 Å². The van der Waals surface area contributed by atoms with E-state index in [0.717, 1.165) is 36.0 Å². The van der Waals surface area contributed by atoms with Crippen LogP contribution in [0.2, 0.25) is 0 Å². The summed E-state index contributed by atoms with van der Waals surface area (Å²) in [5.74, 6) is -0.726. The molecular weight excluding hydrogens is 459 g/mol. The lowest BCUT2D eigenvalue weighted by atomic mass is 9.87. The van der Waals surface area contributed by atoms with Gasteiger partial charge in [-0.2, -0.15) is 13.2 Å². The van der Waals surface area contributed by atoms with Crippen molar-refractivity contribution < 1.29 is 32.3 Å². The van der Waals surface area contributed by atoms with E-state index >= 15 is 0 Å². The number of carbonyl (C=O) groups excluding carboxylic acids is 3. The number of amides is 3. The van der Waals surface area contributed by atoms with Crippen LogP contribution < -0.4 is 10.2 Å². The van der Waals surface area contributed by atoms with Crippen molar-refractivity contribution in [2.75, 3.05) is 4.90 Å². The number of hydrogen-bond acceptors (Lipinski definition) is 6. The van der Waals surface area contributed by atoms with Crippen LogP contribution in [0.4, 0.5) is 23.1 Å². The Labute approximate surface area is 197 Å². The quantitative estimate of drug-likeness (QED) is 0.270. The maximum absolute atomic E-state index is 12.9. The molecule has 1 aliphatic heterocycles. The zero-order chi connectivity index (χ0) is 25.4. The lowest BCUT2D eigenvalue weighted by Crippen LogP contribution is -2.47. The largest absolute Gasteiger partial charge is 0.460 e. The number of carbonyl (C=O) groups is 3. The predicted molar refractivity (Wildman–Crippen MR) is 121 cm³/mol. The molecule has 1 saturated heterocycles. The number of thiazole rings is 1. The molecule has 0 radical (unpaired) electrons. The lowest BCUT2D eigenvalue weighted by molar-refractivity contribution is -0.152. The van der Waals surface area contributed by atoms with E-state index < -0.39 is 29.3 Å². The van der Waals surface area contributed by atoms with Gasteiger partial charge in [-0.25, -0.2) is 14.7 Å². The van der Waals surface area contributed by atoms with Gasteiger partial charge in [0.15, 0.2) is 5.69 Å². The first-order valence-corrected chi connectivity index (χ1v) is 11.9. The number of nitrogens with zero attached hydrogens (tertiary/aromatic N) is 2. The smallest absolute Gasteiger partial charge is 0.434 e. The molecule has 11 heteroatoms. The molecule has 188 valence electrons. The second kappa shape index (κ2) is 11.8. The van der Waals surface area contributed by atoms with Gasteiger partial charge in [-0.15, -0.1) is 11.3 Å². The zero-order valence-electron chi connectivity index (χ0n) is 20.1. The molecule has 33 heavy (non-hydrogen) atoms. The van der Waals surface area contributed by atoms with Crippen molar-refractivity contribution in [3.05, 3.63) is 11.1 Å². The van der Waals surface area contributed by atoms with Gasteiger partial charge in [0.2, 0.25) is 5.13 Å². The van der Waals surface area contributed by atoms with E-state index in [-0.39, 0.29) is 16.7 Å². The monoisotopic (exact) mass is 493 g/mol. The molecule has 0 aromatic carbocycles. The molecular formula is C22H34F3N3O4S. The SMILES string of the molecule is CC(=O)OC(C)(C)C.CCCCCCC1(CCC)NC(=O)N(c2nc(C(F)(F)F)cs2)C1=O. The Morgan fingerprint density at radius 1 is 1.12 bits per heavy atom. The van der Waals surface area contributed by atoms with Gasteiger partial charge in [-0.1, -0.05) is 46.0 Å². The molecule has 1 fully saturated rings. The highest BCUT2D eigenvalue weighted by Crippen LogP contribution is 2.37. The number of urea groups is 1. The molecule has 0 saturated carbocycles. The minimum absolute atomic E-state index is 0.225. The minimum atomic E-state index is -4.60. The van der Waals surface area contributed by atoms with Crippen molar-refractivity contribution >= 4 is 34.4 Å². The van der Waals surface area contributed by atoms with Crippen molar-refractivity contribution in [1.29, 1.82) is 0 Å².